The average Bonchev–Trinajstić information content (AvgIpc) is 3.39. The number of halogens is 3. The van der Waals surface area contributed by atoms with E-state index >= 15 is 0 Å². The molecule has 0 amide bonds. The topological polar surface area (TPSA) is 78.9 Å². The first kappa shape index (κ1) is 26.7. The fraction of sp³-hybridized carbons (Fsp3) is 0.0645. The third-order valence-corrected chi connectivity index (χ3v) is 7.06. The van der Waals surface area contributed by atoms with Crippen LogP contribution in [0.4, 0.5) is 4.39 Å². The lowest BCUT2D eigenvalue weighted by atomic mass is 10.2. The summed E-state index contributed by atoms with van der Waals surface area (Å²) >= 11 is 9.65. The highest BCUT2D eigenvalue weighted by molar-refractivity contribution is 9.10. The van der Waals surface area contributed by atoms with E-state index in [-0.39, 0.29) is 18.2 Å². The van der Waals surface area contributed by atoms with E-state index < -0.39 is 5.56 Å². The van der Waals surface area contributed by atoms with Gasteiger partial charge in [-0.1, -0.05) is 57.9 Å². The molecule has 0 N–H and O–H groups in total. The van der Waals surface area contributed by atoms with Gasteiger partial charge in [0.25, 0.3) is 5.56 Å². The van der Waals surface area contributed by atoms with Gasteiger partial charge in [-0.15, -0.1) is 0 Å². The number of para-hydroxylation sites is 1. The molecule has 41 heavy (non-hydrogen) atoms. The van der Waals surface area contributed by atoms with Crippen LogP contribution in [0.25, 0.3) is 33.5 Å². The molecule has 0 unspecified atom stereocenters. The Morgan fingerprint density at radius 1 is 1.07 bits per heavy atom. The van der Waals surface area contributed by atoms with Gasteiger partial charge in [-0.25, -0.2) is 9.37 Å². The van der Waals surface area contributed by atoms with Crippen LogP contribution in [0.15, 0.2) is 104 Å². The largest absolute Gasteiger partial charge is 0.493 e. The monoisotopic (exact) mass is 631 g/mol. The Balaban J connectivity index is 1.48. The van der Waals surface area contributed by atoms with Crippen molar-refractivity contribution >= 4 is 55.6 Å². The molecular formula is C31H20BrClFN3O4. The summed E-state index contributed by atoms with van der Waals surface area (Å²) < 4.78 is 33.7. The highest BCUT2D eigenvalue weighted by atomic mass is 79.9. The van der Waals surface area contributed by atoms with Gasteiger partial charge in [-0.2, -0.15) is 9.78 Å². The standard InChI is InChI=1S/C31H20BrClFN3O4/c1-39-27-15-21(32)12-20(29(27)40-17-18-6-2-4-8-24(18)34)16-35-37-30(36-25-9-5-3-7-23(25)31(37)38)28-14-19-13-22(33)10-11-26(19)41-28/h2-16H,17H2,1H3. The predicted octanol–water partition coefficient (Wildman–Crippen LogP) is 7.83. The van der Waals surface area contributed by atoms with Crippen molar-refractivity contribution in [3.8, 4) is 23.1 Å². The fourth-order valence-electron chi connectivity index (χ4n) is 4.39. The summed E-state index contributed by atoms with van der Waals surface area (Å²) in [4.78, 5) is 18.4. The molecule has 6 aromatic rings. The number of aromatic nitrogens is 2. The zero-order chi connectivity index (χ0) is 28.5. The smallest absolute Gasteiger partial charge is 0.282 e. The highest BCUT2D eigenvalue weighted by Crippen LogP contribution is 2.35. The van der Waals surface area contributed by atoms with Crippen LogP contribution in [0, 0.1) is 5.82 Å². The minimum Gasteiger partial charge on any atom is -0.493 e. The van der Waals surface area contributed by atoms with E-state index in [1.165, 1.54) is 24.1 Å². The van der Waals surface area contributed by atoms with Crippen molar-refractivity contribution in [1.29, 1.82) is 0 Å². The molecule has 0 spiro atoms. The lowest BCUT2D eigenvalue weighted by Gasteiger charge is -2.14. The van der Waals surface area contributed by atoms with Gasteiger partial charge in [0.15, 0.2) is 17.3 Å². The first-order valence-corrected chi connectivity index (χ1v) is 13.6. The summed E-state index contributed by atoms with van der Waals surface area (Å²) in [6.45, 7) is -0.0459. The van der Waals surface area contributed by atoms with Crippen LogP contribution in [-0.2, 0) is 6.61 Å². The minimum absolute atomic E-state index is 0.0459. The van der Waals surface area contributed by atoms with Gasteiger partial charge in [-0.05, 0) is 54.6 Å². The number of hydrogen-bond donors (Lipinski definition) is 0. The third-order valence-electron chi connectivity index (χ3n) is 6.36. The number of benzene rings is 4. The second-order valence-electron chi connectivity index (χ2n) is 9.01. The molecule has 0 saturated carbocycles. The first-order chi connectivity index (χ1) is 19.9. The van der Waals surface area contributed by atoms with Crippen molar-refractivity contribution in [2.45, 2.75) is 6.61 Å². The van der Waals surface area contributed by atoms with Crippen LogP contribution in [0.5, 0.6) is 11.5 Å². The summed E-state index contributed by atoms with van der Waals surface area (Å²) in [6, 6.07) is 23.8. The summed E-state index contributed by atoms with van der Waals surface area (Å²) in [5.41, 5.74) is 1.55. The SMILES string of the molecule is COc1cc(Br)cc(C=Nn2c(-c3cc4cc(Cl)ccc4o3)nc3ccccc3c2=O)c1OCc1ccccc1F. The molecule has 2 heterocycles. The normalized spacial score (nSPS) is 11.5. The van der Waals surface area contributed by atoms with Crippen LogP contribution in [0.2, 0.25) is 5.02 Å². The molecule has 4 aromatic carbocycles. The molecular weight excluding hydrogens is 613 g/mol. The molecule has 0 radical (unpaired) electrons. The molecule has 6 rings (SSSR count). The quantitative estimate of drug-likeness (QED) is 0.168. The second-order valence-corrected chi connectivity index (χ2v) is 10.4. The van der Waals surface area contributed by atoms with Crippen molar-refractivity contribution in [3.05, 3.63) is 122 Å². The van der Waals surface area contributed by atoms with Crippen LogP contribution < -0.4 is 15.0 Å². The van der Waals surface area contributed by atoms with Gasteiger partial charge in [0.2, 0.25) is 5.82 Å². The Hall–Kier alpha value is -4.47. The third kappa shape index (κ3) is 5.33. The molecule has 0 aliphatic heterocycles. The van der Waals surface area contributed by atoms with Gasteiger partial charge in [0, 0.05) is 26.0 Å². The number of furan rings is 1. The van der Waals surface area contributed by atoms with Crippen LogP contribution in [-0.4, -0.2) is 23.0 Å². The van der Waals surface area contributed by atoms with Gasteiger partial charge in [-0.3, -0.25) is 4.79 Å². The summed E-state index contributed by atoms with van der Waals surface area (Å²) in [5, 5.41) is 6.23. The molecule has 204 valence electrons. The molecule has 0 aliphatic carbocycles. The maximum atomic E-state index is 14.3. The Kier molecular flexibility index (Phi) is 7.30. The van der Waals surface area contributed by atoms with E-state index in [0.717, 1.165) is 5.39 Å². The van der Waals surface area contributed by atoms with E-state index in [2.05, 4.69) is 21.0 Å². The lowest BCUT2D eigenvalue weighted by Crippen LogP contribution is -2.20. The van der Waals surface area contributed by atoms with Gasteiger partial charge >= 0.3 is 0 Å². The van der Waals surface area contributed by atoms with E-state index in [9.17, 15) is 9.18 Å². The molecule has 0 atom stereocenters. The zero-order valence-corrected chi connectivity index (χ0v) is 23.8. The summed E-state index contributed by atoms with van der Waals surface area (Å²) in [7, 11) is 1.50. The second kappa shape index (κ2) is 11.2. The Bertz CT molecular complexity index is 2020. The number of rotatable bonds is 7. The molecule has 2 aromatic heterocycles. The Morgan fingerprint density at radius 2 is 1.88 bits per heavy atom. The maximum absolute atomic E-state index is 14.3. The fourth-order valence-corrected chi connectivity index (χ4v) is 5.03. The van der Waals surface area contributed by atoms with Gasteiger partial charge in [0.05, 0.1) is 24.2 Å². The number of nitrogens with zero attached hydrogens (tertiary/aromatic N) is 3. The Labute approximate surface area is 246 Å². The highest BCUT2D eigenvalue weighted by Gasteiger charge is 2.18. The van der Waals surface area contributed by atoms with E-state index in [1.807, 2.05) is 0 Å². The molecule has 0 saturated heterocycles. The van der Waals surface area contributed by atoms with Crippen molar-refractivity contribution in [3.63, 3.8) is 0 Å². The first-order valence-electron chi connectivity index (χ1n) is 12.4. The molecule has 7 nitrogen and oxygen atoms in total. The average molecular weight is 633 g/mol. The van der Waals surface area contributed by atoms with Crippen molar-refractivity contribution < 1.29 is 18.3 Å². The minimum atomic E-state index is -0.392. The molecule has 0 bridgehead atoms. The lowest BCUT2D eigenvalue weighted by molar-refractivity contribution is 0.279. The summed E-state index contributed by atoms with van der Waals surface area (Å²) in [5.74, 6) is 0.877. The van der Waals surface area contributed by atoms with Crippen molar-refractivity contribution in [2.75, 3.05) is 7.11 Å². The van der Waals surface area contributed by atoms with E-state index in [4.69, 9.17) is 30.5 Å². The van der Waals surface area contributed by atoms with Crippen molar-refractivity contribution in [2.24, 2.45) is 5.10 Å². The summed E-state index contributed by atoms with van der Waals surface area (Å²) in [6.07, 6.45) is 1.46. The van der Waals surface area contributed by atoms with Crippen LogP contribution in [0.1, 0.15) is 11.1 Å². The number of fused-ring (bicyclic) bond motifs is 2. The van der Waals surface area contributed by atoms with E-state index in [1.54, 1.807) is 78.9 Å². The van der Waals surface area contributed by atoms with E-state index in [0.29, 0.717) is 54.4 Å². The van der Waals surface area contributed by atoms with Gasteiger partial charge < -0.3 is 13.9 Å². The number of hydrogen-bond acceptors (Lipinski definition) is 6. The number of ether oxygens (including phenoxy) is 2. The van der Waals surface area contributed by atoms with Crippen molar-refractivity contribution in [1.82, 2.24) is 9.66 Å². The molecule has 0 aliphatic rings. The van der Waals surface area contributed by atoms with Gasteiger partial charge in [0.1, 0.15) is 18.0 Å². The van der Waals surface area contributed by atoms with Crippen LogP contribution >= 0.6 is 27.5 Å². The number of methoxy groups -OCH3 is 1. The zero-order valence-electron chi connectivity index (χ0n) is 21.5. The Morgan fingerprint density at radius 3 is 2.71 bits per heavy atom. The maximum Gasteiger partial charge on any atom is 0.282 e. The molecule has 10 heteroatoms. The predicted molar refractivity (Wildman–Crippen MR) is 161 cm³/mol. The van der Waals surface area contributed by atoms with Crippen LogP contribution in [0.3, 0.4) is 0 Å². The molecule has 0 fully saturated rings.